The molecule has 0 spiro atoms. The number of carbonyl (C=O) groups excluding carboxylic acids is 1. The number of anilines is 1. The van der Waals surface area contributed by atoms with E-state index < -0.39 is 0 Å². The summed E-state index contributed by atoms with van der Waals surface area (Å²) in [6.45, 7) is 4.08. The van der Waals surface area contributed by atoms with E-state index in [-0.39, 0.29) is 17.2 Å². The second-order valence-corrected chi connectivity index (χ2v) is 7.45. The molecule has 1 amide bonds. The average molecular weight is 332 g/mol. The molecule has 0 N–H and O–H groups in total. The van der Waals surface area contributed by atoms with Gasteiger partial charge in [0.05, 0.1) is 5.25 Å². The van der Waals surface area contributed by atoms with Crippen molar-refractivity contribution < 1.29 is 4.79 Å². The molecular weight excluding hydrogens is 314 g/mol. The average Bonchev–Trinajstić information content (AvgIpc) is 2.84. The summed E-state index contributed by atoms with van der Waals surface area (Å²) < 4.78 is 0. The third-order valence-corrected chi connectivity index (χ3v) is 5.27. The van der Waals surface area contributed by atoms with Crippen LogP contribution in [0.5, 0.6) is 0 Å². The number of para-hydroxylation sites is 1. The smallest absolute Gasteiger partial charge is 0.240 e. The molecule has 2 aromatic carbocycles. The lowest BCUT2D eigenvalue weighted by atomic mass is 10.1. The molecule has 22 heavy (non-hydrogen) atoms. The van der Waals surface area contributed by atoms with Crippen molar-refractivity contribution in [3.63, 3.8) is 0 Å². The zero-order valence-corrected chi connectivity index (χ0v) is 14.2. The van der Waals surface area contributed by atoms with Gasteiger partial charge < -0.3 is 4.90 Å². The van der Waals surface area contributed by atoms with Gasteiger partial charge in [0, 0.05) is 21.6 Å². The van der Waals surface area contributed by atoms with Crippen LogP contribution in [0.1, 0.15) is 19.4 Å². The summed E-state index contributed by atoms with van der Waals surface area (Å²) in [5, 5.41) is 0.584. The number of hydrogen-bond donors (Lipinski definition) is 0. The molecule has 2 atom stereocenters. The van der Waals surface area contributed by atoms with Crippen molar-refractivity contribution in [3.8, 4) is 0 Å². The van der Waals surface area contributed by atoms with E-state index in [0.29, 0.717) is 5.02 Å². The van der Waals surface area contributed by atoms with E-state index in [0.717, 1.165) is 17.0 Å². The van der Waals surface area contributed by atoms with E-state index in [1.165, 1.54) is 5.56 Å². The van der Waals surface area contributed by atoms with E-state index in [1.54, 1.807) is 11.8 Å². The number of halogens is 1. The minimum absolute atomic E-state index is 0.130. The molecule has 1 aliphatic heterocycles. The second kappa shape index (κ2) is 6.35. The zero-order chi connectivity index (χ0) is 15.7. The highest BCUT2D eigenvalue weighted by Gasteiger charge is 2.33. The van der Waals surface area contributed by atoms with E-state index in [1.807, 2.05) is 54.3 Å². The predicted molar refractivity (Wildman–Crippen MR) is 93.9 cm³/mol. The van der Waals surface area contributed by atoms with Gasteiger partial charge in [0.25, 0.3) is 0 Å². The highest BCUT2D eigenvalue weighted by molar-refractivity contribution is 8.00. The topological polar surface area (TPSA) is 20.3 Å². The van der Waals surface area contributed by atoms with Gasteiger partial charge in [-0.1, -0.05) is 29.8 Å². The van der Waals surface area contributed by atoms with Crippen molar-refractivity contribution in [2.24, 2.45) is 0 Å². The van der Waals surface area contributed by atoms with E-state index in [2.05, 4.69) is 13.0 Å². The van der Waals surface area contributed by atoms with Gasteiger partial charge in [-0.15, -0.1) is 11.8 Å². The third kappa shape index (κ3) is 3.01. The number of amides is 1. The predicted octanol–water partition coefficient (Wildman–Crippen LogP) is 4.80. The van der Waals surface area contributed by atoms with Crippen molar-refractivity contribution >= 4 is 35.0 Å². The first kappa shape index (κ1) is 15.4. The molecular formula is C18H18ClNOS. The fraction of sp³-hybridized carbons (Fsp3) is 0.278. The van der Waals surface area contributed by atoms with Gasteiger partial charge in [0.1, 0.15) is 0 Å². The summed E-state index contributed by atoms with van der Waals surface area (Å²) in [7, 11) is 0. The Kier molecular flexibility index (Phi) is 4.46. The van der Waals surface area contributed by atoms with Crippen LogP contribution in [0.2, 0.25) is 5.02 Å². The quantitative estimate of drug-likeness (QED) is 0.753. The highest BCUT2D eigenvalue weighted by Crippen LogP contribution is 2.34. The molecule has 2 aromatic rings. The SMILES string of the molecule is C[C@H](Sc1ccc(Cl)cc1)C(=O)N1c2ccccc2C[C@H]1C. The van der Waals surface area contributed by atoms with Gasteiger partial charge in [0.2, 0.25) is 5.91 Å². The summed E-state index contributed by atoms with van der Waals surface area (Å²) >= 11 is 7.48. The molecule has 1 aliphatic rings. The number of nitrogens with zero attached hydrogens (tertiary/aromatic N) is 1. The second-order valence-electron chi connectivity index (χ2n) is 5.60. The first-order chi connectivity index (χ1) is 10.6. The van der Waals surface area contributed by atoms with Crippen LogP contribution in [-0.2, 0) is 11.2 Å². The molecule has 0 aliphatic carbocycles. The molecule has 0 radical (unpaired) electrons. The van der Waals surface area contributed by atoms with Crippen molar-refractivity contribution in [3.05, 3.63) is 59.1 Å². The Hall–Kier alpha value is -1.45. The molecule has 0 saturated heterocycles. The first-order valence-electron chi connectivity index (χ1n) is 7.39. The van der Waals surface area contributed by atoms with Crippen molar-refractivity contribution in [2.45, 2.75) is 36.5 Å². The van der Waals surface area contributed by atoms with Crippen LogP contribution in [-0.4, -0.2) is 17.2 Å². The molecule has 2 nitrogen and oxygen atoms in total. The highest BCUT2D eigenvalue weighted by atomic mass is 35.5. The Labute approximate surface area is 140 Å². The zero-order valence-electron chi connectivity index (χ0n) is 12.6. The van der Waals surface area contributed by atoms with Crippen LogP contribution in [0.4, 0.5) is 5.69 Å². The largest absolute Gasteiger partial charge is 0.308 e. The number of hydrogen-bond acceptors (Lipinski definition) is 2. The van der Waals surface area contributed by atoms with Crippen molar-refractivity contribution in [1.82, 2.24) is 0 Å². The summed E-state index contributed by atoms with van der Waals surface area (Å²) in [5.74, 6) is 0.164. The molecule has 0 saturated carbocycles. The number of thioether (sulfide) groups is 1. The summed E-state index contributed by atoms with van der Waals surface area (Å²) in [4.78, 5) is 15.9. The van der Waals surface area contributed by atoms with Gasteiger partial charge >= 0.3 is 0 Å². The maximum atomic E-state index is 12.9. The molecule has 0 aromatic heterocycles. The molecule has 0 unspecified atom stereocenters. The van der Waals surface area contributed by atoms with Crippen LogP contribution < -0.4 is 4.90 Å². The lowest BCUT2D eigenvalue weighted by Crippen LogP contribution is -2.40. The Morgan fingerprint density at radius 1 is 1.23 bits per heavy atom. The Balaban J connectivity index is 1.77. The summed E-state index contributed by atoms with van der Waals surface area (Å²) in [5.41, 5.74) is 2.32. The van der Waals surface area contributed by atoms with E-state index >= 15 is 0 Å². The molecule has 1 heterocycles. The van der Waals surface area contributed by atoms with Gasteiger partial charge in [-0.2, -0.15) is 0 Å². The monoisotopic (exact) mass is 331 g/mol. The molecule has 114 valence electrons. The molecule has 3 rings (SSSR count). The lowest BCUT2D eigenvalue weighted by Gasteiger charge is -2.25. The molecule has 4 heteroatoms. The Bertz CT molecular complexity index is 686. The van der Waals surface area contributed by atoms with E-state index in [4.69, 9.17) is 11.6 Å². The maximum Gasteiger partial charge on any atom is 0.240 e. The standard InChI is InChI=1S/C18H18ClNOS/c1-12-11-14-5-3-4-6-17(14)20(12)18(21)13(2)22-16-9-7-15(19)8-10-16/h3-10,12-13H,11H2,1-2H3/t12-,13+/m1/s1. The fourth-order valence-electron chi connectivity index (χ4n) is 2.86. The van der Waals surface area contributed by atoms with Crippen LogP contribution in [0.25, 0.3) is 0 Å². The maximum absolute atomic E-state index is 12.9. The summed E-state index contributed by atoms with van der Waals surface area (Å²) in [6.07, 6.45) is 0.931. The lowest BCUT2D eigenvalue weighted by molar-refractivity contribution is -0.118. The fourth-order valence-corrected chi connectivity index (χ4v) is 3.91. The number of benzene rings is 2. The van der Waals surface area contributed by atoms with Gasteiger partial charge in [-0.25, -0.2) is 0 Å². The Morgan fingerprint density at radius 2 is 1.91 bits per heavy atom. The molecule has 0 fully saturated rings. The Morgan fingerprint density at radius 3 is 2.64 bits per heavy atom. The normalized spacial score (nSPS) is 18.1. The third-order valence-electron chi connectivity index (χ3n) is 3.92. The minimum Gasteiger partial charge on any atom is -0.308 e. The van der Waals surface area contributed by atoms with E-state index in [9.17, 15) is 4.79 Å². The van der Waals surface area contributed by atoms with Crippen LogP contribution >= 0.6 is 23.4 Å². The number of carbonyl (C=O) groups is 1. The number of fused-ring (bicyclic) bond motifs is 1. The van der Waals surface area contributed by atoms with Crippen LogP contribution in [0.15, 0.2) is 53.4 Å². The first-order valence-corrected chi connectivity index (χ1v) is 8.65. The molecule has 0 bridgehead atoms. The van der Waals surface area contributed by atoms with Crippen LogP contribution in [0.3, 0.4) is 0 Å². The van der Waals surface area contributed by atoms with Gasteiger partial charge in [-0.05, 0) is 56.2 Å². The summed E-state index contributed by atoms with van der Waals surface area (Å²) in [6, 6.07) is 16.0. The van der Waals surface area contributed by atoms with Gasteiger partial charge in [-0.3, -0.25) is 4.79 Å². The van der Waals surface area contributed by atoms with Crippen molar-refractivity contribution in [1.29, 1.82) is 0 Å². The van der Waals surface area contributed by atoms with Crippen molar-refractivity contribution in [2.75, 3.05) is 4.90 Å². The number of rotatable bonds is 3. The van der Waals surface area contributed by atoms with Gasteiger partial charge in [0.15, 0.2) is 0 Å². The minimum atomic E-state index is -0.130. The van der Waals surface area contributed by atoms with Crippen LogP contribution in [0, 0.1) is 0 Å².